The SMILES string of the molecule is Nc1noc(CCc2ccccc2)c1-c1ccccc1. The van der Waals surface area contributed by atoms with Gasteiger partial charge in [-0.25, -0.2) is 0 Å². The highest BCUT2D eigenvalue weighted by molar-refractivity contribution is 5.75. The molecule has 0 amide bonds. The number of nitrogen functional groups attached to an aromatic ring is 1. The van der Waals surface area contributed by atoms with E-state index in [0.29, 0.717) is 5.82 Å². The van der Waals surface area contributed by atoms with Crippen molar-refractivity contribution in [1.29, 1.82) is 0 Å². The van der Waals surface area contributed by atoms with Gasteiger partial charge in [0.1, 0.15) is 5.76 Å². The van der Waals surface area contributed by atoms with Gasteiger partial charge in [0.2, 0.25) is 0 Å². The fraction of sp³-hybridized carbons (Fsp3) is 0.118. The number of nitrogens with two attached hydrogens (primary N) is 1. The van der Waals surface area contributed by atoms with Crippen LogP contribution in [-0.4, -0.2) is 5.16 Å². The van der Waals surface area contributed by atoms with Crippen LogP contribution in [0.3, 0.4) is 0 Å². The van der Waals surface area contributed by atoms with Crippen molar-refractivity contribution >= 4 is 5.82 Å². The Kier molecular flexibility index (Phi) is 3.50. The number of benzene rings is 2. The predicted octanol–water partition coefficient (Wildman–Crippen LogP) is 3.71. The molecule has 0 spiro atoms. The van der Waals surface area contributed by atoms with E-state index < -0.39 is 0 Å². The van der Waals surface area contributed by atoms with Gasteiger partial charge in [0.05, 0.1) is 5.56 Å². The van der Waals surface area contributed by atoms with Gasteiger partial charge in [-0.15, -0.1) is 0 Å². The molecule has 0 unspecified atom stereocenters. The van der Waals surface area contributed by atoms with E-state index in [4.69, 9.17) is 10.3 Å². The Morgan fingerprint density at radius 2 is 1.50 bits per heavy atom. The molecule has 1 heterocycles. The van der Waals surface area contributed by atoms with Crippen molar-refractivity contribution in [2.75, 3.05) is 5.73 Å². The normalized spacial score (nSPS) is 10.6. The summed E-state index contributed by atoms with van der Waals surface area (Å²) in [5, 5.41) is 3.91. The van der Waals surface area contributed by atoms with Gasteiger partial charge in [-0.1, -0.05) is 65.8 Å². The average molecular weight is 264 g/mol. The van der Waals surface area contributed by atoms with E-state index in [9.17, 15) is 0 Å². The van der Waals surface area contributed by atoms with E-state index >= 15 is 0 Å². The lowest BCUT2D eigenvalue weighted by Gasteiger charge is -2.03. The van der Waals surface area contributed by atoms with Gasteiger partial charge in [0, 0.05) is 6.42 Å². The average Bonchev–Trinajstić information content (AvgIpc) is 2.88. The van der Waals surface area contributed by atoms with Crippen LogP contribution in [0, 0.1) is 0 Å². The van der Waals surface area contributed by atoms with Gasteiger partial charge in [-0.3, -0.25) is 0 Å². The van der Waals surface area contributed by atoms with Crippen LogP contribution >= 0.6 is 0 Å². The Balaban J connectivity index is 1.85. The molecule has 1 aromatic heterocycles. The fourth-order valence-electron chi connectivity index (χ4n) is 2.33. The van der Waals surface area contributed by atoms with Gasteiger partial charge >= 0.3 is 0 Å². The van der Waals surface area contributed by atoms with Crippen LogP contribution < -0.4 is 5.73 Å². The lowest BCUT2D eigenvalue weighted by atomic mass is 10.0. The van der Waals surface area contributed by atoms with E-state index in [1.165, 1.54) is 5.56 Å². The summed E-state index contributed by atoms with van der Waals surface area (Å²) in [6, 6.07) is 20.3. The summed E-state index contributed by atoms with van der Waals surface area (Å²) in [6.07, 6.45) is 1.70. The summed E-state index contributed by atoms with van der Waals surface area (Å²) in [5.74, 6) is 1.30. The molecule has 0 saturated heterocycles. The Morgan fingerprint density at radius 3 is 2.20 bits per heavy atom. The number of nitrogens with zero attached hydrogens (tertiary/aromatic N) is 1. The first kappa shape index (κ1) is 12.5. The summed E-state index contributed by atoms with van der Waals surface area (Å²) >= 11 is 0. The Morgan fingerprint density at radius 1 is 0.850 bits per heavy atom. The van der Waals surface area contributed by atoms with Gasteiger partial charge in [0.15, 0.2) is 5.82 Å². The first-order valence-corrected chi connectivity index (χ1v) is 6.68. The number of hydrogen-bond acceptors (Lipinski definition) is 3. The second kappa shape index (κ2) is 5.61. The van der Waals surface area contributed by atoms with Crippen LogP contribution in [0.2, 0.25) is 0 Å². The maximum absolute atomic E-state index is 5.94. The molecule has 3 aromatic rings. The molecule has 3 heteroatoms. The minimum Gasteiger partial charge on any atom is -0.380 e. The standard InChI is InChI=1S/C17H16N2O/c18-17-16(14-9-5-2-6-10-14)15(20-19-17)12-11-13-7-3-1-4-8-13/h1-10H,11-12H2,(H2,18,19). The molecule has 0 radical (unpaired) electrons. The molecule has 100 valence electrons. The maximum Gasteiger partial charge on any atom is 0.175 e. The monoisotopic (exact) mass is 264 g/mol. The molecule has 0 aliphatic carbocycles. The van der Waals surface area contributed by atoms with Crippen molar-refractivity contribution in [2.45, 2.75) is 12.8 Å². The second-order valence-electron chi connectivity index (χ2n) is 4.72. The Bertz CT molecular complexity index is 675. The van der Waals surface area contributed by atoms with Crippen molar-refractivity contribution in [3.8, 4) is 11.1 Å². The van der Waals surface area contributed by atoms with Gasteiger partial charge in [-0.05, 0) is 17.5 Å². The predicted molar refractivity (Wildman–Crippen MR) is 80.2 cm³/mol. The highest BCUT2D eigenvalue weighted by Crippen LogP contribution is 2.30. The zero-order valence-electron chi connectivity index (χ0n) is 11.1. The number of hydrogen-bond donors (Lipinski definition) is 1. The van der Waals surface area contributed by atoms with E-state index in [1.54, 1.807) is 0 Å². The third kappa shape index (κ3) is 2.57. The zero-order valence-corrected chi connectivity index (χ0v) is 11.1. The lowest BCUT2D eigenvalue weighted by Crippen LogP contribution is -1.93. The first-order valence-electron chi connectivity index (χ1n) is 6.68. The van der Waals surface area contributed by atoms with E-state index in [1.807, 2.05) is 48.5 Å². The highest BCUT2D eigenvalue weighted by atomic mass is 16.5. The van der Waals surface area contributed by atoms with E-state index in [2.05, 4.69) is 17.3 Å². The van der Waals surface area contributed by atoms with E-state index in [-0.39, 0.29) is 0 Å². The summed E-state index contributed by atoms with van der Waals surface area (Å²) in [4.78, 5) is 0. The van der Waals surface area contributed by atoms with Crippen LogP contribution in [0.1, 0.15) is 11.3 Å². The summed E-state index contributed by atoms with van der Waals surface area (Å²) in [6.45, 7) is 0. The number of anilines is 1. The molecular formula is C17H16N2O. The molecule has 2 N–H and O–H groups in total. The molecule has 0 aliphatic rings. The number of aromatic nitrogens is 1. The third-order valence-electron chi connectivity index (χ3n) is 3.34. The van der Waals surface area contributed by atoms with Gasteiger partial charge in [0.25, 0.3) is 0 Å². The summed E-state index contributed by atoms with van der Waals surface area (Å²) < 4.78 is 5.40. The smallest absolute Gasteiger partial charge is 0.175 e. The van der Waals surface area contributed by atoms with Crippen molar-refractivity contribution in [1.82, 2.24) is 5.16 Å². The van der Waals surface area contributed by atoms with Crippen LogP contribution in [-0.2, 0) is 12.8 Å². The van der Waals surface area contributed by atoms with Crippen molar-refractivity contribution in [3.63, 3.8) is 0 Å². The van der Waals surface area contributed by atoms with Gasteiger partial charge in [-0.2, -0.15) is 0 Å². The second-order valence-corrected chi connectivity index (χ2v) is 4.72. The Hall–Kier alpha value is -2.55. The van der Waals surface area contributed by atoms with Crippen molar-refractivity contribution in [2.24, 2.45) is 0 Å². The van der Waals surface area contributed by atoms with Crippen molar-refractivity contribution < 1.29 is 4.52 Å². The molecule has 3 rings (SSSR count). The van der Waals surface area contributed by atoms with Crippen LogP contribution in [0.5, 0.6) is 0 Å². The van der Waals surface area contributed by atoms with Crippen LogP contribution in [0.4, 0.5) is 5.82 Å². The quantitative estimate of drug-likeness (QED) is 0.781. The molecular weight excluding hydrogens is 248 g/mol. The van der Waals surface area contributed by atoms with Crippen LogP contribution in [0.15, 0.2) is 65.2 Å². The number of rotatable bonds is 4. The molecule has 3 nitrogen and oxygen atoms in total. The zero-order chi connectivity index (χ0) is 13.8. The van der Waals surface area contributed by atoms with Crippen molar-refractivity contribution in [3.05, 3.63) is 72.0 Å². The fourth-order valence-corrected chi connectivity index (χ4v) is 2.33. The topological polar surface area (TPSA) is 52.0 Å². The maximum atomic E-state index is 5.94. The van der Waals surface area contributed by atoms with Gasteiger partial charge < -0.3 is 10.3 Å². The lowest BCUT2D eigenvalue weighted by molar-refractivity contribution is 0.386. The summed E-state index contributed by atoms with van der Waals surface area (Å²) in [5.41, 5.74) is 9.19. The molecule has 0 fully saturated rings. The minimum atomic E-state index is 0.458. The molecule has 2 aromatic carbocycles. The molecule has 20 heavy (non-hydrogen) atoms. The molecule has 0 bridgehead atoms. The molecule has 0 atom stereocenters. The molecule has 0 aliphatic heterocycles. The summed E-state index contributed by atoms with van der Waals surface area (Å²) in [7, 11) is 0. The minimum absolute atomic E-state index is 0.458. The van der Waals surface area contributed by atoms with Crippen LogP contribution in [0.25, 0.3) is 11.1 Å². The Labute approximate surface area is 118 Å². The first-order chi connectivity index (χ1) is 9.84. The molecule has 0 saturated carbocycles. The largest absolute Gasteiger partial charge is 0.380 e. The third-order valence-corrected chi connectivity index (χ3v) is 3.34. The highest BCUT2D eigenvalue weighted by Gasteiger charge is 2.15. The number of aryl methyl sites for hydroxylation is 2. The van der Waals surface area contributed by atoms with E-state index in [0.717, 1.165) is 29.7 Å².